The molecule has 1 aliphatic rings. The number of hydrogen-bond donors (Lipinski definition) is 2. The first-order valence-electron chi connectivity index (χ1n) is 9.29. The summed E-state index contributed by atoms with van der Waals surface area (Å²) in [7, 11) is 0. The summed E-state index contributed by atoms with van der Waals surface area (Å²) in [5.74, 6) is 3.29. The average molecular weight is 463 g/mol. The van der Waals surface area contributed by atoms with Gasteiger partial charge in [-0.05, 0) is 38.0 Å². The van der Waals surface area contributed by atoms with E-state index in [1.807, 2.05) is 12.4 Å². The van der Waals surface area contributed by atoms with E-state index in [9.17, 15) is 0 Å². The number of hydrogen-bond acceptors (Lipinski definition) is 3. The standard InChI is InChI=1S/C18H33N5O.HI/c1-4-19-18(21-8-5-11-24-14-16-6-7-16)22-12-17-20-9-10-23(17)13-15(2)3;/h9-10,15-16H,4-8,11-14H2,1-3H3,(H2,19,21,22);1H. The summed E-state index contributed by atoms with van der Waals surface area (Å²) in [6, 6.07) is 0. The highest BCUT2D eigenvalue weighted by Gasteiger charge is 2.20. The summed E-state index contributed by atoms with van der Waals surface area (Å²) in [5, 5.41) is 6.65. The van der Waals surface area contributed by atoms with E-state index in [1.165, 1.54) is 12.8 Å². The van der Waals surface area contributed by atoms with Crippen LogP contribution in [-0.2, 0) is 17.8 Å². The molecule has 0 atom stereocenters. The molecule has 0 bridgehead atoms. The maximum Gasteiger partial charge on any atom is 0.191 e. The third kappa shape index (κ3) is 9.44. The Morgan fingerprint density at radius 3 is 2.88 bits per heavy atom. The van der Waals surface area contributed by atoms with Gasteiger partial charge in [0, 0.05) is 45.2 Å². The number of aromatic nitrogens is 2. The molecule has 25 heavy (non-hydrogen) atoms. The number of aliphatic imine (C=N–C) groups is 1. The lowest BCUT2D eigenvalue weighted by Crippen LogP contribution is -2.38. The molecule has 0 amide bonds. The average Bonchev–Trinajstić information content (AvgIpc) is 3.27. The number of halogens is 1. The van der Waals surface area contributed by atoms with Crippen LogP contribution in [0.15, 0.2) is 17.4 Å². The first-order valence-corrected chi connectivity index (χ1v) is 9.29. The molecule has 1 aromatic heterocycles. The van der Waals surface area contributed by atoms with Crippen molar-refractivity contribution in [1.29, 1.82) is 0 Å². The van der Waals surface area contributed by atoms with E-state index in [-0.39, 0.29) is 24.0 Å². The first-order chi connectivity index (χ1) is 11.7. The van der Waals surface area contributed by atoms with Crippen molar-refractivity contribution in [2.45, 2.75) is 53.1 Å². The van der Waals surface area contributed by atoms with Crippen LogP contribution in [0.3, 0.4) is 0 Å². The summed E-state index contributed by atoms with van der Waals surface area (Å²) in [4.78, 5) is 9.08. The molecule has 0 unspecified atom stereocenters. The Morgan fingerprint density at radius 2 is 2.20 bits per heavy atom. The molecule has 0 aliphatic heterocycles. The maximum atomic E-state index is 5.66. The van der Waals surface area contributed by atoms with Gasteiger partial charge in [-0.15, -0.1) is 24.0 Å². The largest absolute Gasteiger partial charge is 0.381 e. The minimum atomic E-state index is 0. The number of imidazole rings is 1. The third-order valence-electron chi connectivity index (χ3n) is 3.89. The van der Waals surface area contributed by atoms with Gasteiger partial charge in [-0.1, -0.05) is 13.8 Å². The minimum absolute atomic E-state index is 0. The van der Waals surface area contributed by atoms with Gasteiger partial charge in [0.05, 0.1) is 0 Å². The molecule has 1 fully saturated rings. The van der Waals surface area contributed by atoms with E-state index in [4.69, 9.17) is 4.74 Å². The summed E-state index contributed by atoms with van der Waals surface area (Å²) < 4.78 is 7.84. The van der Waals surface area contributed by atoms with Crippen LogP contribution in [-0.4, -0.2) is 41.8 Å². The predicted octanol–water partition coefficient (Wildman–Crippen LogP) is 3.03. The van der Waals surface area contributed by atoms with Crippen LogP contribution in [0, 0.1) is 11.8 Å². The van der Waals surface area contributed by atoms with Crippen LogP contribution in [0.2, 0.25) is 0 Å². The SMILES string of the molecule is CCNC(=NCc1nccn1CC(C)C)NCCCOCC1CC1.I. The first kappa shape index (κ1) is 22.2. The van der Waals surface area contributed by atoms with Gasteiger partial charge in [0.25, 0.3) is 0 Å². The van der Waals surface area contributed by atoms with Crippen molar-refractivity contribution in [1.82, 2.24) is 20.2 Å². The van der Waals surface area contributed by atoms with E-state index in [1.54, 1.807) is 0 Å². The zero-order chi connectivity index (χ0) is 17.2. The Morgan fingerprint density at radius 1 is 1.40 bits per heavy atom. The normalized spacial score (nSPS) is 14.5. The minimum Gasteiger partial charge on any atom is -0.381 e. The van der Waals surface area contributed by atoms with Crippen LogP contribution in [0.5, 0.6) is 0 Å². The van der Waals surface area contributed by atoms with Crippen molar-refractivity contribution in [2.75, 3.05) is 26.3 Å². The molecule has 1 aromatic rings. The van der Waals surface area contributed by atoms with Gasteiger partial charge in [-0.3, -0.25) is 0 Å². The fourth-order valence-electron chi connectivity index (χ4n) is 2.46. The van der Waals surface area contributed by atoms with Gasteiger partial charge in [0.15, 0.2) is 5.96 Å². The Bertz CT molecular complexity index is 499. The highest BCUT2D eigenvalue weighted by Crippen LogP contribution is 2.28. The Balaban J connectivity index is 0.00000312. The van der Waals surface area contributed by atoms with Gasteiger partial charge in [0.1, 0.15) is 12.4 Å². The lowest BCUT2D eigenvalue weighted by molar-refractivity contribution is 0.123. The lowest BCUT2D eigenvalue weighted by atomic mass is 10.2. The van der Waals surface area contributed by atoms with E-state index < -0.39 is 0 Å². The van der Waals surface area contributed by atoms with E-state index in [0.29, 0.717) is 12.5 Å². The topological polar surface area (TPSA) is 63.5 Å². The van der Waals surface area contributed by atoms with Gasteiger partial charge in [0.2, 0.25) is 0 Å². The van der Waals surface area contributed by atoms with Gasteiger partial charge >= 0.3 is 0 Å². The van der Waals surface area contributed by atoms with Gasteiger partial charge in [-0.25, -0.2) is 9.98 Å². The lowest BCUT2D eigenvalue weighted by Gasteiger charge is -2.12. The van der Waals surface area contributed by atoms with Crippen molar-refractivity contribution < 1.29 is 4.74 Å². The predicted molar refractivity (Wildman–Crippen MR) is 113 cm³/mol. The van der Waals surface area contributed by atoms with Crippen LogP contribution >= 0.6 is 24.0 Å². The third-order valence-corrected chi connectivity index (χ3v) is 3.89. The molecule has 1 saturated carbocycles. The van der Waals surface area contributed by atoms with Crippen molar-refractivity contribution >= 4 is 29.9 Å². The quantitative estimate of drug-likeness (QED) is 0.229. The molecule has 0 saturated heterocycles. The van der Waals surface area contributed by atoms with Crippen LogP contribution < -0.4 is 10.6 Å². The number of guanidine groups is 1. The number of ether oxygens (including phenoxy) is 1. The summed E-state index contributed by atoms with van der Waals surface area (Å²) in [6.45, 7) is 11.6. The molecular formula is C18H34IN5O. The van der Waals surface area contributed by atoms with Crippen LogP contribution in [0.25, 0.3) is 0 Å². The smallest absolute Gasteiger partial charge is 0.191 e. The monoisotopic (exact) mass is 463 g/mol. The van der Waals surface area contributed by atoms with Gasteiger partial charge in [-0.2, -0.15) is 0 Å². The zero-order valence-electron chi connectivity index (χ0n) is 15.8. The molecule has 2 rings (SSSR count). The van der Waals surface area contributed by atoms with Crippen molar-refractivity contribution in [3.05, 3.63) is 18.2 Å². The zero-order valence-corrected chi connectivity index (χ0v) is 18.2. The number of nitrogens with zero attached hydrogens (tertiary/aromatic N) is 3. The fraction of sp³-hybridized carbons (Fsp3) is 0.778. The number of nitrogens with one attached hydrogen (secondary N) is 2. The second-order valence-electron chi connectivity index (χ2n) is 6.88. The van der Waals surface area contributed by atoms with E-state index in [0.717, 1.165) is 57.0 Å². The van der Waals surface area contributed by atoms with Crippen molar-refractivity contribution in [2.24, 2.45) is 16.8 Å². The highest BCUT2D eigenvalue weighted by atomic mass is 127. The Kier molecular flexibility index (Phi) is 11.1. The Labute approximate surface area is 169 Å². The van der Waals surface area contributed by atoms with E-state index in [2.05, 4.69) is 45.9 Å². The molecule has 0 spiro atoms. The molecule has 144 valence electrons. The molecule has 1 aliphatic carbocycles. The maximum absolute atomic E-state index is 5.66. The molecule has 0 aromatic carbocycles. The van der Waals surface area contributed by atoms with Gasteiger partial charge < -0.3 is 19.9 Å². The molecule has 2 N–H and O–H groups in total. The van der Waals surface area contributed by atoms with Crippen molar-refractivity contribution in [3.63, 3.8) is 0 Å². The molecule has 7 heteroatoms. The second kappa shape index (κ2) is 12.5. The second-order valence-corrected chi connectivity index (χ2v) is 6.88. The fourth-order valence-corrected chi connectivity index (χ4v) is 2.46. The highest BCUT2D eigenvalue weighted by molar-refractivity contribution is 14.0. The molecule has 1 heterocycles. The Hall–Kier alpha value is -0.830. The van der Waals surface area contributed by atoms with E-state index >= 15 is 0 Å². The summed E-state index contributed by atoms with van der Waals surface area (Å²) in [5.41, 5.74) is 0. The van der Waals surface area contributed by atoms with Crippen LogP contribution in [0.4, 0.5) is 0 Å². The van der Waals surface area contributed by atoms with Crippen LogP contribution in [0.1, 0.15) is 45.9 Å². The molecular weight excluding hydrogens is 429 g/mol. The summed E-state index contributed by atoms with van der Waals surface area (Å²) >= 11 is 0. The van der Waals surface area contributed by atoms with Crippen molar-refractivity contribution in [3.8, 4) is 0 Å². The molecule has 6 nitrogen and oxygen atoms in total. The number of rotatable bonds is 11. The summed E-state index contributed by atoms with van der Waals surface area (Å²) in [6.07, 6.45) is 7.58. The molecule has 0 radical (unpaired) electrons.